The molecule has 1 heterocycles. The zero-order valence-electron chi connectivity index (χ0n) is 18.8. The zero-order valence-corrected chi connectivity index (χ0v) is 19.8. The predicted octanol–water partition coefficient (Wildman–Crippen LogP) is 6.25. The summed E-state index contributed by atoms with van der Waals surface area (Å²) in [5.41, 5.74) is 0.621. The predicted molar refractivity (Wildman–Crippen MR) is 123 cm³/mol. The Hall–Kier alpha value is -1.30. The standard InChI is InChI=1S/C23H37BO3Si/c1-10-14-25-21-13-11-12-19(16-21)20(15-18(2)28(7,8)9)17-24-26-22(3,4)23(5,6)27-24/h10-13,16,20H,1-2,14-15,17H2,3-9H3/t20-/m0/s1. The second-order valence-corrected chi connectivity index (χ2v) is 15.1. The lowest BCUT2D eigenvalue weighted by atomic mass is 9.73. The fourth-order valence-electron chi connectivity index (χ4n) is 3.25. The number of benzene rings is 1. The Labute approximate surface area is 173 Å². The molecule has 0 spiro atoms. The Morgan fingerprint density at radius 2 is 1.79 bits per heavy atom. The van der Waals surface area contributed by atoms with Crippen LogP contribution in [-0.4, -0.2) is 33.0 Å². The maximum atomic E-state index is 6.29. The molecule has 1 aliphatic heterocycles. The Morgan fingerprint density at radius 1 is 1.18 bits per heavy atom. The van der Waals surface area contributed by atoms with E-state index < -0.39 is 8.07 Å². The van der Waals surface area contributed by atoms with Gasteiger partial charge in [0.2, 0.25) is 0 Å². The van der Waals surface area contributed by atoms with Crippen LogP contribution in [0.1, 0.15) is 45.6 Å². The molecule has 0 amide bonds. The van der Waals surface area contributed by atoms with Crippen LogP contribution in [-0.2, 0) is 9.31 Å². The van der Waals surface area contributed by atoms with Crippen molar-refractivity contribution in [3.8, 4) is 5.75 Å². The Kier molecular flexibility index (Phi) is 7.06. The lowest BCUT2D eigenvalue weighted by molar-refractivity contribution is 0.00578. The minimum absolute atomic E-state index is 0.220. The largest absolute Gasteiger partial charge is 0.490 e. The van der Waals surface area contributed by atoms with E-state index in [4.69, 9.17) is 14.0 Å². The molecule has 0 bridgehead atoms. The normalized spacial score (nSPS) is 19.3. The van der Waals surface area contributed by atoms with Gasteiger partial charge in [-0.1, -0.05) is 49.6 Å². The molecule has 0 unspecified atom stereocenters. The van der Waals surface area contributed by atoms with Gasteiger partial charge in [0, 0.05) is 0 Å². The third-order valence-electron chi connectivity index (χ3n) is 6.03. The monoisotopic (exact) mass is 400 g/mol. The summed E-state index contributed by atoms with van der Waals surface area (Å²) < 4.78 is 18.3. The average Bonchev–Trinajstić information content (AvgIpc) is 2.78. The van der Waals surface area contributed by atoms with Gasteiger partial charge in [0.1, 0.15) is 12.4 Å². The summed E-state index contributed by atoms with van der Waals surface area (Å²) in [5, 5.41) is 1.37. The van der Waals surface area contributed by atoms with Gasteiger partial charge >= 0.3 is 7.12 Å². The summed E-state index contributed by atoms with van der Waals surface area (Å²) in [5.74, 6) is 1.15. The van der Waals surface area contributed by atoms with Crippen LogP contribution in [0.2, 0.25) is 26.0 Å². The molecule has 0 N–H and O–H groups in total. The summed E-state index contributed by atoms with van der Waals surface area (Å²) in [6.45, 7) is 24.1. The molecule has 0 saturated carbocycles. The highest BCUT2D eigenvalue weighted by Crippen LogP contribution is 2.41. The summed E-state index contributed by atoms with van der Waals surface area (Å²) >= 11 is 0. The van der Waals surface area contributed by atoms with Crippen molar-refractivity contribution in [2.45, 2.75) is 77.2 Å². The van der Waals surface area contributed by atoms with E-state index in [2.05, 4.69) is 78.7 Å². The number of hydrogen-bond acceptors (Lipinski definition) is 3. The number of hydrogen-bond donors (Lipinski definition) is 0. The maximum Gasteiger partial charge on any atom is 0.458 e. The van der Waals surface area contributed by atoms with Crippen molar-refractivity contribution in [3.63, 3.8) is 0 Å². The van der Waals surface area contributed by atoms with Gasteiger partial charge in [-0.15, -0.1) is 6.58 Å². The molecule has 1 aromatic rings. The van der Waals surface area contributed by atoms with E-state index in [0.29, 0.717) is 6.61 Å². The third-order valence-corrected chi connectivity index (χ3v) is 8.36. The average molecular weight is 400 g/mol. The van der Waals surface area contributed by atoms with Crippen LogP contribution in [0.15, 0.2) is 48.7 Å². The highest BCUT2D eigenvalue weighted by atomic mass is 28.3. The molecule has 1 aliphatic rings. The highest BCUT2D eigenvalue weighted by molar-refractivity contribution is 6.83. The minimum atomic E-state index is -1.42. The highest BCUT2D eigenvalue weighted by Gasteiger charge is 2.51. The van der Waals surface area contributed by atoms with Gasteiger partial charge in [-0.05, 0) is 64.1 Å². The molecular formula is C23H37BO3Si. The smallest absolute Gasteiger partial charge is 0.458 e. The Morgan fingerprint density at radius 3 is 2.32 bits per heavy atom. The van der Waals surface area contributed by atoms with Crippen molar-refractivity contribution >= 4 is 15.2 Å². The molecule has 0 aliphatic carbocycles. The SMILES string of the molecule is C=CCOc1cccc([C@H](CB2OC(C)(C)C(C)(C)O2)CC(=C)[Si](C)(C)C)c1. The first-order valence-corrected chi connectivity index (χ1v) is 13.7. The first-order chi connectivity index (χ1) is 12.9. The fraction of sp³-hybridized carbons (Fsp3) is 0.565. The Balaban J connectivity index is 2.25. The van der Waals surface area contributed by atoms with Gasteiger partial charge < -0.3 is 14.0 Å². The van der Waals surface area contributed by atoms with E-state index in [1.165, 1.54) is 10.8 Å². The zero-order chi connectivity index (χ0) is 21.2. The van der Waals surface area contributed by atoms with Gasteiger partial charge in [0.25, 0.3) is 0 Å². The van der Waals surface area contributed by atoms with Crippen LogP contribution in [0, 0.1) is 0 Å². The molecule has 2 rings (SSSR count). The molecule has 1 atom stereocenters. The van der Waals surface area contributed by atoms with Crippen molar-refractivity contribution in [2.24, 2.45) is 0 Å². The fourth-order valence-corrected chi connectivity index (χ4v) is 4.11. The third kappa shape index (κ3) is 5.62. The molecule has 28 heavy (non-hydrogen) atoms. The first-order valence-electron chi connectivity index (χ1n) is 10.2. The topological polar surface area (TPSA) is 27.7 Å². The van der Waals surface area contributed by atoms with Crippen molar-refractivity contribution in [2.75, 3.05) is 6.61 Å². The van der Waals surface area contributed by atoms with Crippen molar-refractivity contribution < 1.29 is 14.0 Å². The van der Waals surface area contributed by atoms with E-state index in [9.17, 15) is 0 Å². The summed E-state index contributed by atoms with van der Waals surface area (Å²) in [7, 11) is -1.64. The van der Waals surface area contributed by atoms with Crippen LogP contribution in [0.5, 0.6) is 5.75 Å². The first kappa shape index (κ1) is 23.0. The lowest BCUT2D eigenvalue weighted by Crippen LogP contribution is -2.41. The van der Waals surface area contributed by atoms with Crippen LogP contribution >= 0.6 is 0 Å². The second-order valence-electron chi connectivity index (χ2n) is 9.85. The molecule has 1 saturated heterocycles. The van der Waals surface area contributed by atoms with E-state index in [-0.39, 0.29) is 24.2 Å². The van der Waals surface area contributed by atoms with Gasteiger partial charge in [0.15, 0.2) is 0 Å². The molecule has 5 heteroatoms. The molecule has 0 radical (unpaired) electrons. The Bertz CT molecular complexity index is 690. The number of allylic oxidation sites excluding steroid dienone is 1. The summed E-state index contributed by atoms with van der Waals surface area (Å²) in [6.07, 6.45) is 3.52. The summed E-state index contributed by atoms with van der Waals surface area (Å²) in [6, 6.07) is 8.36. The summed E-state index contributed by atoms with van der Waals surface area (Å²) in [4.78, 5) is 0. The van der Waals surface area contributed by atoms with Crippen LogP contribution < -0.4 is 4.74 Å². The molecule has 0 aromatic heterocycles. The van der Waals surface area contributed by atoms with Crippen molar-refractivity contribution in [3.05, 3.63) is 54.3 Å². The van der Waals surface area contributed by atoms with Crippen LogP contribution in [0.4, 0.5) is 0 Å². The molecule has 154 valence electrons. The van der Waals surface area contributed by atoms with Crippen LogP contribution in [0.25, 0.3) is 0 Å². The van der Waals surface area contributed by atoms with E-state index in [0.717, 1.165) is 18.5 Å². The molecule has 3 nitrogen and oxygen atoms in total. The quantitative estimate of drug-likeness (QED) is 0.362. The van der Waals surface area contributed by atoms with Gasteiger partial charge in [0.05, 0.1) is 19.3 Å². The molecular weight excluding hydrogens is 363 g/mol. The minimum Gasteiger partial charge on any atom is -0.490 e. The lowest BCUT2D eigenvalue weighted by Gasteiger charge is -2.32. The second kappa shape index (κ2) is 8.60. The van der Waals surface area contributed by atoms with Gasteiger partial charge in [-0.3, -0.25) is 0 Å². The van der Waals surface area contributed by atoms with Gasteiger partial charge in [-0.25, -0.2) is 0 Å². The van der Waals surface area contributed by atoms with Gasteiger partial charge in [-0.2, -0.15) is 0 Å². The van der Waals surface area contributed by atoms with Crippen molar-refractivity contribution in [1.29, 1.82) is 0 Å². The number of ether oxygens (including phenoxy) is 1. The van der Waals surface area contributed by atoms with Crippen molar-refractivity contribution in [1.82, 2.24) is 0 Å². The van der Waals surface area contributed by atoms with E-state index in [1.807, 2.05) is 6.07 Å². The molecule has 1 aromatic carbocycles. The van der Waals surface area contributed by atoms with E-state index >= 15 is 0 Å². The maximum absolute atomic E-state index is 6.29. The van der Waals surface area contributed by atoms with E-state index in [1.54, 1.807) is 6.08 Å². The molecule has 1 fully saturated rings. The van der Waals surface area contributed by atoms with Crippen LogP contribution in [0.3, 0.4) is 0 Å². The number of rotatable bonds is 9.